The van der Waals surface area contributed by atoms with Crippen LogP contribution in [0.5, 0.6) is 0 Å². The third-order valence-corrected chi connectivity index (χ3v) is 4.12. The predicted octanol–water partition coefficient (Wildman–Crippen LogP) is 3.88. The minimum Gasteiger partial charge on any atom is -0.382 e. The number of nitrogens with one attached hydrogen (secondary N) is 1. The van der Waals surface area contributed by atoms with E-state index in [9.17, 15) is 4.79 Å². The van der Waals surface area contributed by atoms with Crippen LogP contribution >= 0.6 is 15.9 Å². The Kier molecular flexibility index (Phi) is 4.06. The van der Waals surface area contributed by atoms with Crippen LogP contribution in [0.4, 0.5) is 5.69 Å². The van der Waals surface area contributed by atoms with E-state index in [0.717, 1.165) is 20.9 Å². The quantitative estimate of drug-likeness (QED) is 0.780. The maximum atomic E-state index is 12.4. The summed E-state index contributed by atoms with van der Waals surface area (Å²) >= 11 is 3.50. The third-order valence-electron chi connectivity index (χ3n) is 3.43. The molecule has 1 aromatic heterocycles. The van der Waals surface area contributed by atoms with Crippen molar-refractivity contribution in [2.24, 2.45) is 0 Å². The number of nitrogens with zero attached hydrogens (tertiary/aromatic N) is 1. The molecule has 0 amide bonds. The van der Waals surface area contributed by atoms with Gasteiger partial charge >= 0.3 is 0 Å². The second kappa shape index (κ2) is 6.14. The van der Waals surface area contributed by atoms with Gasteiger partial charge in [0.15, 0.2) is 0 Å². The van der Waals surface area contributed by atoms with Crippen LogP contribution in [0.15, 0.2) is 70.1 Å². The van der Waals surface area contributed by atoms with E-state index in [4.69, 9.17) is 0 Å². The highest BCUT2D eigenvalue weighted by Crippen LogP contribution is 2.20. The van der Waals surface area contributed by atoms with Crippen LogP contribution in [-0.4, -0.2) is 11.1 Å². The van der Waals surface area contributed by atoms with Gasteiger partial charge in [0.1, 0.15) is 0 Å². The second-order valence-corrected chi connectivity index (χ2v) is 5.66. The molecule has 3 nitrogen and oxygen atoms in total. The van der Waals surface area contributed by atoms with Gasteiger partial charge in [-0.05, 0) is 45.6 Å². The maximum absolute atomic E-state index is 12.4. The van der Waals surface area contributed by atoms with Crippen molar-refractivity contribution >= 4 is 32.4 Å². The van der Waals surface area contributed by atoms with Crippen molar-refractivity contribution in [3.8, 4) is 0 Å². The number of pyridine rings is 1. The van der Waals surface area contributed by atoms with Crippen LogP contribution in [0, 0.1) is 0 Å². The van der Waals surface area contributed by atoms with E-state index in [1.165, 1.54) is 0 Å². The van der Waals surface area contributed by atoms with E-state index in [2.05, 4.69) is 21.2 Å². The molecule has 0 unspecified atom stereocenters. The first-order valence-electron chi connectivity index (χ1n) is 6.82. The Morgan fingerprint density at radius 2 is 1.76 bits per heavy atom. The average molecular weight is 343 g/mol. The predicted molar refractivity (Wildman–Crippen MR) is 90.8 cm³/mol. The van der Waals surface area contributed by atoms with Crippen molar-refractivity contribution in [2.75, 3.05) is 11.9 Å². The van der Waals surface area contributed by atoms with E-state index in [0.29, 0.717) is 13.1 Å². The van der Waals surface area contributed by atoms with Crippen molar-refractivity contribution in [2.45, 2.75) is 6.54 Å². The smallest absolute Gasteiger partial charge is 0.258 e. The Morgan fingerprint density at radius 1 is 1.00 bits per heavy atom. The molecule has 0 atom stereocenters. The molecule has 0 bridgehead atoms. The van der Waals surface area contributed by atoms with Crippen molar-refractivity contribution < 1.29 is 0 Å². The summed E-state index contributed by atoms with van der Waals surface area (Å²) in [6.07, 6.45) is 1.85. The molecular formula is C17H15BrN2O. The molecule has 0 spiro atoms. The molecule has 1 heterocycles. The Morgan fingerprint density at radius 3 is 2.62 bits per heavy atom. The van der Waals surface area contributed by atoms with Gasteiger partial charge in [-0.1, -0.05) is 30.3 Å². The molecule has 106 valence electrons. The second-order valence-electron chi connectivity index (χ2n) is 4.81. The van der Waals surface area contributed by atoms with Crippen LogP contribution in [0.3, 0.4) is 0 Å². The maximum Gasteiger partial charge on any atom is 0.258 e. The van der Waals surface area contributed by atoms with Crippen LogP contribution in [0.25, 0.3) is 10.8 Å². The lowest BCUT2D eigenvalue weighted by molar-refractivity contribution is 0.704. The number of rotatable bonds is 4. The third kappa shape index (κ3) is 3.00. The van der Waals surface area contributed by atoms with Gasteiger partial charge in [0.2, 0.25) is 0 Å². The SMILES string of the molecule is O=c1c2ccccc2ccn1CCNc1ccccc1Br. The van der Waals surface area contributed by atoms with Crippen LogP contribution in [0.1, 0.15) is 0 Å². The number of hydrogen-bond donors (Lipinski definition) is 1. The van der Waals surface area contributed by atoms with Gasteiger partial charge in [-0.25, -0.2) is 0 Å². The first kappa shape index (κ1) is 13.9. The van der Waals surface area contributed by atoms with Gasteiger partial charge in [0.05, 0.1) is 0 Å². The molecule has 0 saturated heterocycles. The summed E-state index contributed by atoms with van der Waals surface area (Å²) in [7, 11) is 0. The fourth-order valence-corrected chi connectivity index (χ4v) is 2.75. The Bertz CT molecular complexity index is 826. The Hall–Kier alpha value is -2.07. The summed E-state index contributed by atoms with van der Waals surface area (Å²) in [5.74, 6) is 0. The molecule has 0 radical (unpaired) electrons. The topological polar surface area (TPSA) is 34.0 Å². The standard InChI is InChI=1S/C17H15BrN2O/c18-15-7-3-4-8-16(15)19-10-12-20-11-9-13-5-1-2-6-14(13)17(20)21/h1-9,11,19H,10,12H2. The highest BCUT2D eigenvalue weighted by Gasteiger charge is 2.02. The summed E-state index contributed by atoms with van der Waals surface area (Å²) in [4.78, 5) is 12.4. The Labute approximate surface area is 131 Å². The number of aromatic nitrogens is 1. The van der Waals surface area contributed by atoms with E-state index >= 15 is 0 Å². The monoisotopic (exact) mass is 342 g/mol. The van der Waals surface area contributed by atoms with Gasteiger partial charge in [-0.2, -0.15) is 0 Å². The summed E-state index contributed by atoms with van der Waals surface area (Å²) < 4.78 is 2.77. The molecule has 1 N–H and O–H groups in total. The fourth-order valence-electron chi connectivity index (χ4n) is 2.32. The van der Waals surface area contributed by atoms with Crippen molar-refractivity contribution in [1.82, 2.24) is 4.57 Å². The number of para-hydroxylation sites is 1. The molecule has 21 heavy (non-hydrogen) atoms. The molecule has 0 aliphatic carbocycles. The fraction of sp³-hybridized carbons (Fsp3) is 0.118. The molecule has 0 aliphatic rings. The van der Waals surface area contributed by atoms with Crippen LogP contribution < -0.4 is 10.9 Å². The zero-order valence-electron chi connectivity index (χ0n) is 11.4. The zero-order valence-corrected chi connectivity index (χ0v) is 13.0. The zero-order chi connectivity index (χ0) is 14.7. The minimum atomic E-state index is 0.0574. The highest BCUT2D eigenvalue weighted by molar-refractivity contribution is 9.10. The molecular weight excluding hydrogens is 328 g/mol. The summed E-state index contributed by atoms with van der Waals surface area (Å²) in [5.41, 5.74) is 1.09. The van der Waals surface area contributed by atoms with Crippen LogP contribution in [0.2, 0.25) is 0 Å². The van der Waals surface area contributed by atoms with Gasteiger partial charge in [0, 0.05) is 34.8 Å². The molecule has 4 heteroatoms. The number of hydrogen-bond acceptors (Lipinski definition) is 2. The molecule has 0 aliphatic heterocycles. The van der Waals surface area contributed by atoms with Crippen molar-refractivity contribution in [1.29, 1.82) is 0 Å². The lowest BCUT2D eigenvalue weighted by Gasteiger charge is -2.10. The molecule has 2 aromatic carbocycles. The average Bonchev–Trinajstić information content (AvgIpc) is 2.52. The van der Waals surface area contributed by atoms with Gasteiger partial charge in [-0.15, -0.1) is 0 Å². The van der Waals surface area contributed by atoms with Crippen molar-refractivity contribution in [3.05, 3.63) is 75.6 Å². The minimum absolute atomic E-state index is 0.0574. The van der Waals surface area contributed by atoms with E-state index < -0.39 is 0 Å². The van der Waals surface area contributed by atoms with E-state index in [1.54, 1.807) is 4.57 Å². The summed E-state index contributed by atoms with van der Waals surface area (Å²) in [5, 5.41) is 5.08. The number of anilines is 1. The number of halogens is 1. The van der Waals surface area contributed by atoms with Gasteiger partial charge in [-0.3, -0.25) is 4.79 Å². The Balaban J connectivity index is 1.76. The number of benzene rings is 2. The van der Waals surface area contributed by atoms with Gasteiger partial charge < -0.3 is 9.88 Å². The van der Waals surface area contributed by atoms with Crippen LogP contribution in [-0.2, 0) is 6.54 Å². The summed E-state index contributed by atoms with van der Waals surface area (Å²) in [6, 6.07) is 17.6. The first-order valence-corrected chi connectivity index (χ1v) is 7.61. The lowest BCUT2D eigenvalue weighted by atomic mass is 10.2. The van der Waals surface area contributed by atoms with Crippen molar-refractivity contribution in [3.63, 3.8) is 0 Å². The lowest BCUT2D eigenvalue weighted by Crippen LogP contribution is -2.23. The molecule has 0 saturated carbocycles. The van der Waals surface area contributed by atoms with Gasteiger partial charge in [0.25, 0.3) is 5.56 Å². The highest BCUT2D eigenvalue weighted by atomic mass is 79.9. The molecule has 0 fully saturated rings. The summed E-state index contributed by atoms with van der Waals surface area (Å²) in [6.45, 7) is 1.33. The largest absolute Gasteiger partial charge is 0.382 e. The molecule has 3 rings (SSSR count). The van der Waals surface area contributed by atoms with E-state index in [-0.39, 0.29) is 5.56 Å². The van der Waals surface area contributed by atoms with E-state index in [1.807, 2.05) is 60.8 Å². The number of fused-ring (bicyclic) bond motifs is 1. The molecule has 3 aromatic rings. The first-order chi connectivity index (χ1) is 10.3. The normalized spacial score (nSPS) is 10.7.